The summed E-state index contributed by atoms with van der Waals surface area (Å²) in [5.41, 5.74) is 0. The molecule has 0 spiro atoms. The average Bonchev–Trinajstić information content (AvgIpc) is 2.50. The second-order valence-electron chi connectivity index (χ2n) is 5.50. The smallest absolute Gasteiger partial charge is 0.369 e. The Morgan fingerprint density at radius 2 is 1.09 bits per heavy atom. The maximum Gasteiger partial charge on any atom is 0.574 e. The topological polar surface area (TPSA) is 44.8 Å². The highest BCUT2D eigenvalue weighted by atomic mass is 28.4. The zero-order valence-electron chi connectivity index (χ0n) is 15.1. The highest BCUT2D eigenvalue weighted by molar-refractivity contribution is 6.92. The van der Waals surface area contributed by atoms with Crippen LogP contribution in [0.3, 0.4) is 0 Å². The molecular formula is C17H36O4Si. The van der Waals surface area contributed by atoms with Gasteiger partial charge in [0.15, 0.2) is 0 Å². The Bertz CT molecular complexity index is 254. The van der Waals surface area contributed by atoms with E-state index in [0.717, 1.165) is 12.8 Å². The summed E-state index contributed by atoms with van der Waals surface area (Å²) >= 11 is 0. The molecule has 0 bridgehead atoms. The molecule has 0 fully saturated rings. The molecule has 0 rings (SSSR count). The molecule has 5 heteroatoms. The van der Waals surface area contributed by atoms with Crippen molar-refractivity contribution < 1.29 is 18.1 Å². The van der Waals surface area contributed by atoms with E-state index in [2.05, 4.69) is 6.92 Å². The molecule has 0 N–H and O–H groups in total. The lowest BCUT2D eigenvalue weighted by Gasteiger charge is -2.26. The summed E-state index contributed by atoms with van der Waals surface area (Å²) in [6.45, 7) is 9.23. The van der Waals surface area contributed by atoms with Gasteiger partial charge in [-0.25, -0.2) is 0 Å². The van der Waals surface area contributed by atoms with E-state index in [1.54, 1.807) is 0 Å². The van der Waals surface area contributed by atoms with E-state index in [-0.39, 0.29) is 5.41 Å². The Hall–Kier alpha value is -0.233. The summed E-state index contributed by atoms with van der Waals surface area (Å²) in [7, 11) is -3.12. The fraction of sp³-hybridized carbons (Fsp3) is 0.941. The standard InChI is InChI=1S/C17H36O4Si/c1-5-9-10-11-12-13-14-15-16-17(18)22(19-6-2,20-7-3)21-8-4/h5-16H2,1-4H3. The molecule has 0 saturated heterocycles. The van der Waals surface area contributed by atoms with Crippen LogP contribution in [0.2, 0.25) is 0 Å². The van der Waals surface area contributed by atoms with Crippen molar-refractivity contribution in [2.45, 2.75) is 85.5 Å². The summed E-state index contributed by atoms with van der Waals surface area (Å²) in [6, 6.07) is 0. The largest absolute Gasteiger partial charge is 0.574 e. The number of rotatable bonds is 16. The molecule has 0 amide bonds. The number of carbonyl (C=O) groups excluding carboxylic acids is 1. The highest BCUT2D eigenvalue weighted by Crippen LogP contribution is 2.17. The Balaban J connectivity index is 4.06. The first-order chi connectivity index (χ1) is 10.7. The van der Waals surface area contributed by atoms with Gasteiger partial charge in [-0.15, -0.1) is 0 Å². The van der Waals surface area contributed by atoms with Gasteiger partial charge in [-0.2, -0.15) is 0 Å². The maximum absolute atomic E-state index is 12.5. The molecule has 0 aliphatic carbocycles. The number of hydrogen-bond acceptors (Lipinski definition) is 4. The van der Waals surface area contributed by atoms with Gasteiger partial charge < -0.3 is 13.3 Å². The normalized spacial score (nSPS) is 11.8. The lowest BCUT2D eigenvalue weighted by Crippen LogP contribution is -2.54. The lowest BCUT2D eigenvalue weighted by molar-refractivity contribution is -0.119. The van der Waals surface area contributed by atoms with E-state index >= 15 is 0 Å². The molecular weight excluding hydrogens is 296 g/mol. The molecule has 132 valence electrons. The van der Waals surface area contributed by atoms with Crippen molar-refractivity contribution in [2.75, 3.05) is 19.8 Å². The highest BCUT2D eigenvalue weighted by Gasteiger charge is 2.48. The molecule has 0 aliphatic heterocycles. The van der Waals surface area contributed by atoms with Crippen molar-refractivity contribution in [2.24, 2.45) is 0 Å². The molecule has 0 atom stereocenters. The van der Waals surface area contributed by atoms with E-state index in [1.807, 2.05) is 20.8 Å². The molecule has 0 saturated carbocycles. The van der Waals surface area contributed by atoms with E-state index in [1.165, 1.54) is 38.5 Å². The van der Waals surface area contributed by atoms with Gasteiger partial charge in [-0.3, -0.25) is 4.79 Å². The SMILES string of the molecule is CCCCCCCCCCC(=O)[Si](OCC)(OCC)OCC. The van der Waals surface area contributed by atoms with Crippen molar-refractivity contribution in [3.8, 4) is 0 Å². The summed E-state index contributed by atoms with van der Waals surface area (Å²) in [5, 5.41) is 0.0454. The zero-order chi connectivity index (χ0) is 16.7. The van der Waals surface area contributed by atoms with Gasteiger partial charge >= 0.3 is 8.80 Å². The number of carbonyl (C=O) groups is 1. The van der Waals surface area contributed by atoms with Crippen molar-refractivity contribution >= 4 is 14.2 Å². The molecule has 0 aromatic carbocycles. The molecule has 0 aliphatic rings. The first-order valence-electron chi connectivity index (χ1n) is 9.11. The fourth-order valence-corrected chi connectivity index (χ4v) is 4.87. The molecule has 0 aromatic heterocycles. The number of unbranched alkanes of at least 4 members (excludes halogenated alkanes) is 7. The van der Waals surface area contributed by atoms with E-state index in [9.17, 15) is 4.79 Å². The first-order valence-corrected chi connectivity index (χ1v) is 10.8. The van der Waals surface area contributed by atoms with Crippen LogP contribution in [0, 0.1) is 0 Å². The van der Waals surface area contributed by atoms with Gasteiger partial charge in [0.25, 0.3) is 0 Å². The van der Waals surface area contributed by atoms with Gasteiger partial charge in [0.1, 0.15) is 0 Å². The third kappa shape index (κ3) is 9.03. The second-order valence-corrected chi connectivity index (χ2v) is 8.04. The van der Waals surface area contributed by atoms with Crippen molar-refractivity contribution in [3.05, 3.63) is 0 Å². The van der Waals surface area contributed by atoms with E-state index < -0.39 is 8.80 Å². The van der Waals surface area contributed by atoms with Crippen LogP contribution in [0.5, 0.6) is 0 Å². The van der Waals surface area contributed by atoms with E-state index in [0.29, 0.717) is 26.2 Å². The third-order valence-corrected chi connectivity index (χ3v) is 6.54. The average molecular weight is 333 g/mol. The molecule has 4 nitrogen and oxygen atoms in total. The summed E-state index contributed by atoms with van der Waals surface area (Å²) in [5.74, 6) is 0. The van der Waals surface area contributed by atoms with Gasteiger partial charge in [0.05, 0.1) is 0 Å². The third-order valence-electron chi connectivity index (χ3n) is 3.60. The van der Waals surface area contributed by atoms with Gasteiger partial charge in [0.2, 0.25) is 5.41 Å². The van der Waals surface area contributed by atoms with Crippen LogP contribution in [0.1, 0.15) is 85.5 Å². The minimum absolute atomic E-state index is 0.0454. The van der Waals surface area contributed by atoms with Crippen LogP contribution in [0.15, 0.2) is 0 Å². The second kappa shape index (κ2) is 14.4. The molecule has 0 aromatic rings. The van der Waals surface area contributed by atoms with Crippen LogP contribution in [-0.4, -0.2) is 34.0 Å². The van der Waals surface area contributed by atoms with Crippen molar-refractivity contribution in [3.63, 3.8) is 0 Å². The van der Waals surface area contributed by atoms with Crippen LogP contribution < -0.4 is 0 Å². The summed E-state index contributed by atoms with van der Waals surface area (Å²) < 4.78 is 16.9. The molecule has 0 unspecified atom stereocenters. The summed E-state index contributed by atoms with van der Waals surface area (Å²) in [6.07, 6.45) is 10.3. The zero-order valence-corrected chi connectivity index (χ0v) is 16.1. The van der Waals surface area contributed by atoms with Gasteiger partial charge in [-0.05, 0) is 27.2 Å². The van der Waals surface area contributed by atoms with Crippen LogP contribution in [-0.2, 0) is 18.1 Å². The molecule has 22 heavy (non-hydrogen) atoms. The van der Waals surface area contributed by atoms with E-state index in [4.69, 9.17) is 13.3 Å². The fourth-order valence-electron chi connectivity index (χ4n) is 2.51. The summed E-state index contributed by atoms with van der Waals surface area (Å²) in [4.78, 5) is 12.5. The quantitative estimate of drug-likeness (QED) is 0.304. The maximum atomic E-state index is 12.5. The van der Waals surface area contributed by atoms with Crippen LogP contribution in [0.4, 0.5) is 0 Å². The monoisotopic (exact) mass is 332 g/mol. The van der Waals surface area contributed by atoms with Gasteiger partial charge in [0, 0.05) is 26.2 Å². The minimum atomic E-state index is -3.12. The number of hydrogen-bond donors (Lipinski definition) is 0. The Morgan fingerprint density at radius 1 is 0.682 bits per heavy atom. The molecule has 0 radical (unpaired) electrons. The first kappa shape index (κ1) is 21.8. The minimum Gasteiger partial charge on any atom is -0.369 e. The van der Waals surface area contributed by atoms with Crippen molar-refractivity contribution in [1.82, 2.24) is 0 Å². The van der Waals surface area contributed by atoms with Crippen LogP contribution >= 0.6 is 0 Å². The Kier molecular flexibility index (Phi) is 14.2. The van der Waals surface area contributed by atoms with Gasteiger partial charge in [-0.1, -0.05) is 51.9 Å². The van der Waals surface area contributed by atoms with Crippen molar-refractivity contribution in [1.29, 1.82) is 0 Å². The van der Waals surface area contributed by atoms with Crippen LogP contribution in [0.25, 0.3) is 0 Å². The Morgan fingerprint density at radius 3 is 1.50 bits per heavy atom. The lowest BCUT2D eigenvalue weighted by atomic mass is 10.1. The molecule has 0 heterocycles. The predicted octanol–water partition coefficient (Wildman–Crippen LogP) is 4.67. The Labute approximate surface area is 138 Å². The predicted molar refractivity (Wildman–Crippen MR) is 92.9 cm³/mol.